The highest BCUT2D eigenvalue weighted by molar-refractivity contribution is 9.11. The summed E-state index contributed by atoms with van der Waals surface area (Å²) in [6.45, 7) is 0. The lowest BCUT2D eigenvalue weighted by Crippen LogP contribution is -2.10. The number of hydrogen-bond donors (Lipinski definition) is 0. The van der Waals surface area contributed by atoms with Crippen LogP contribution in [0.1, 0.15) is 67.8 Å². The maximum absolute atomic E-state index is 14.9. The quantitative estimate of drug-likeness (QED) is 0.156. The number of hydrogen-bond acceptors (Lipinski definition) is 0. The fourth-order valence-electron chi connectivity index (χ4n) is 9.67. The summed E-state index contributed by atoms with van der Waals surface area (Å²) in [4.78, 5) is 0. The third kappa shape index (κ3) is 5.35. The van der Waals surface area contributed by atoms with Crippen LogP contribution in [0, 0.1) is 17.5 Å². The third-order valence-electron chi connectivity index (χ3n) is 11.8. The third-order valence-corrected chi connectivity index (χ3v) is 14.1. The van der Waals surface area contributed by atoms with Crippen LogP contribution in [-0.2, 0) is 19.3 Å². The monoisotopic (exact) mass is 900 g/mol. The summed E-state index contributed by atoms with van der Waals surface area (Å²) in [6, 6.07) is 40.9. The zero-order valence-electron chi connectivity index (χ0n) is 28.7. The molecule has 3 aliphatic rings. The van der Waals surface area contributed by atoms with Crippen molar-refractivity contribution in [3.8, 4) is 33.4 Å². The van der Waals surface area contributed by atoms with Gasteiger partial charge in [0.15, 0.2) is 0 Å². The minimum absolute atomic E-state index is 0.0636. The summed E-state index contributed by atoms with van der Waals surface area (Å²) in [6.07, 6.45) is 1.80. The molecule has 54 heavy (non-hydrogen) atoms. The summed E-state index contributed by atoms with van der Waals surface area (Å²) in [5, 5.41) is 0. The van der Waals surface area contributed by atoms with Crippen LogP contribution in [0.2, 0.25) is 0 Å². The van der Waals surface area contributed by atoms with Gasteiger partial charge in [-0.25, -0.2) is 13.2 Å². The van der Waals surface area contributed by atoms with Crippen LogP contribution in [0.15, 0.2) is 141 Å². The van der Waals surface area contributed by atoms with E-state index in [1.165, 1.54) is 85.0 Å². The smallest absolute Gasteiger partial charge is 0.123 e. The molecule has 0 aliphatic heterocycles. The fourth-order valence-corrected chi connectivity index (χ4v) is 10.9. The fraction of sp³-hybridized carbons (Fsp3) is 0.125. The Labute approximate surface area is 337 Å². The molecule has 3 atom stereocenters. The molecule has 0 N–H and O–H groups in total. The molecule has 0 saturated carbocycles. The van der Waals surface area contributed by atoms with Crippen LogP contribution in [0.3, 0.4) is 0 Å². The van der Waals surface area contributed by atoms with Crippen molar-refractivity contribution in [2.45, 2.75) is 37.0 Å². The molecule has 264 valence electrons. The van der Waals surface area contributed by atoms with E-state index < -0.39 is 0 Å². The average Bonchev–Trinajstić information content (AvgIpc) is 3.79. The lowest BCUT2D eigenvalue weighted by molar-refractivity contribution is 0.623. The van der Waals surface area contributed by atoms with Crippen molar-refractivity contribution in [2.75, 3.05) is 0 Å². The molecule has 3 aliphatic carbocycles. The predicted octanol–water partition coefficient (Wildman–Crippen LogP) is 14.5. The zero-order chi connectivity index (χ0) is 36.8. The van der Waals surface area contributed by atoms with Gasteiger partial charge in [0.2, 0.25) is 0 Å². The van der Waals surface area contributed by atoms with Crippen molar-refractivity contribution < 1.29 is 13.2 Å². The Hall–Kier alpha value is -4.23. The van der Waals surface area contributed by atoms with Gasteiger partial charge in [0.05, 0.1) is 0 Å². The molecule has 0 unspecified atom stereocenters. The summed E-state index contributed by atoms with van der Waals surface area (Å²) < 4.78 is 47.4. The number of halogens is 6. The molecule has 7 aromatic rings. The largest absolute Gasteiger partial charge is 0.207 e. The average molecular weight is 903 g/mol. The molecule has 0 radical (unpaired) electrons. The van der Waals surface area contributed by atoms with Gasteiger partial charge in [0, 0.05) is 31.2 Å². The molecule has 0 amide bonds. The minimum Gasteiger partial charge on any atom is -0.207 e. The molecular weight excluding hydrogens is 873 g/mol. The van der Waals surface area contributed by atoms with E-state index in [4.69, 9.17) is 0 Å². The summed E-state index contributed by atoms with van der Waals surface area (Å²) in [7, 11) is 0. The molecule has 0 saturated heterocycles. The normalized spacial score (nSPS) is 17.1. The van der Waals surface area contributed by atoms with Crippen LogP contribution in [0.5, 0.6) is 0 Å². The molecule has 0 nitrogen and oxygen atoms in total. The molecule has 0 spiro atoms. The second kappa shape index (κ2) is 13.2. The second-order valence-electron chi connectivity index (χ2n) is 14.6. The van der Waals surface area contributed by atoms with Gasteiger partial charge in [-0.2, -0.15) is 0 Å². The van der Waals surface area contributed by atoms with Gasteiger partial charge in [-0.3, -0.25) is 0 Å². The first-order valence-corrected chi connectivity index (χ1v) is 20.5. The van der Waals surface area contributed by atoms with Gasteiger partial charge in [-0.05, 0) is 157 Å². The Morgan fingerprint density at radius 2 is 0.648 bits per heavy atom. The van der Waals surface area contributed by atoms with Crippen LogP contribution >= 0.6 is 47.8 Å². The van der Waals surface area contributed by atoms with E-state index in [-0.39, 0.29) is 35.2 Å². The first-order valence-electron chi connectivity index (χ1n) is 18.1. The van der Waals surface area contributed by atoms with Crippen molar-refractivity contribution >= 4 is 47.8 Å². The molecule has 0 fully saturated rings. The van der Waals surface area contributed by atoms with E-state index in [9.17, 15) is 13.2 Å². The van der Waals surface area contributed by atoms with Gasteiger partial charge in [0.25, 0.3) is 0 Å². The van der Waals surface area contributed by atoms with Gasteiger partial charge in [-0.1, -0.05) is 121 Å². The highest BCUT2D eigenvalue weighted by Gasteiger charge is 2.46. The Morgan fingerprint density at radius 3 is 0.944 bits per heavy atom. The van der Waals surface area contributed by atoms with E-state index in [1.807, 2.05) is 0 Å². The van der Waals surface area contributed by atoms with E-state index >= 15 is 0 Å². The maximum atomic E-state index is 14.9. The van der Waals surface area contributed by atoms with Gasteiger partial charge in [0.1, 0.15) is 17.5 Å². The topological polar surface area (TPSA) is 0 Å². The zero-order valence-corrected chi connectivity index (χ0v) is 33.5. The number of benzene rings is 7. The van der Waals surface area contributed by atoms with Gasteiger partial charge in [-0.15, -0.1) is 0 Å². The Kier molecular flexibility index (Phi) is 8.39. The van der Waals surface area contributed by atoms with Crippen LogP contribution < -0.4 is 0 Å². The van der Waals surface area contributed by atoms with Crippen LogP contribution in [0.25, 0.3) is 33.4 Å². The SMILES string of the molecule is Fc1ccc(Br)c(C[C@@H]2c3ccccc3-c3c2c2c(c4c3[C@H](Cc3cc(F)ccc3Br)c3ccccc3-4)[C@H](Cc3cc(F)ccc3Br)c3ccccc3-2)c1. The Bertz CT molecular complexity index is 2390. The summed E-state index contributed by atoms with van der Waals surface area (Å²) >= 11 is 11.3. The first-order chi connectivity index (χ1) is 26.3. The van der Waals surface area contributed by atoms with E-state index in [2.05, 4.69) is 121 Å². The van der Waals surface area contributed by atoms with Crippen LogP contribution in [-0.4, -0.2) is 0 Å². The molecule has 10 rings (SSSR count). The van der Waals surface area contributed by atoms with Crippen molar-refractivity contribution in [3.63, 3.8) is 0 Å². The Morgan fingerprint density at radius 1 is 0.370 bits per heavy atom. The van der Waals surface area contributed by atoms with E-state index in [1.54, 1.807) is 36.4 Å². The Balaban J connectivity index is 1.32. The first kappa shape index (κ1) is 34.3. The van der Waals surface area contributed by atoms with Crippen molar-refractivity contribution in [1.82, 2.24) is 0 Å². The molecule has 6 heteroatoms. The standard InChI is InChI=1S/C48H30Br3F3/c49-40-16-13-28(52)19-25(40)22-37-31-7-1-4-10-34(31)43-46(37)44-35-11-5-2-8-32(35)39(24-27-21-30(54)15-18-42(27)51)48(44)45-36-12-6-3-9-33(36)38(47(43)45)23-26-20-29(53)14-17-41(26)50/h1-21,37-39H,22-24H2/t37-,38-,39-/m1/s1. The molecule has 7 aromatic carbocycles. The molecule has 0 aromatic heterocycles. The highest BCUT2D eigenvalue weighted by atomic mass is 79.9. The molecule has 0 heterocycles. The number of fused-ring (bicyclic) bond motifs is 12. The van der Waals surface area contributed by atoms with Crippen molar-refractivity contribution in [3.05, 3.63) is 208 Å². The van der Waals surface area contributed by atoms with Gasteiger partial charge < -0.3 is 0 Å². The minimum atomic E-state index is -0.263. The van der Waals surface area contributed by atoms with Crippen molar-refractivity contribution in [2.24, 2.45) is 0 Å². The molecule has 0 bridgehead atoms. The summed E-state index contributed by atoms with van der Waals surface area (Å²) in [5.74, 6) is -0.979. The lowest BCUT2D eigenvalue weighted by Gasteiger charge is -2.25. The lowest BCUT2D eigenvalue weighted by atomic mass is 9.77. The van der Waals surface area contributed by atoms with E-state index in [0.717, 1.165) is 30.1 Å². The molecular formula is C48H30Br3F3. The highest BCUT2D eigenvalue weighted by Crippen LogP contribution is 2.65. The predicted molar refractivity (Wildman–Crippen MR) is 222 cm³/mol. The van der Waals surface area contributed by atoms with E-state index in [0.29, 0.717) is 19.3 Å². The van der Waals surface area contributed by atoms with Crippen LogP contribution in [0.4, 0.5) is 13.2 Å². The maximum Gasteiger partial charge on any atom is 0.123 e. The van der Waals surface area contributed by atoms with Crippen molar-refractivity contribution in [1.29, 1.82) is 0 Å². The number of rotatable bonds is 6. The summed E-state index contributed by atoms with van der Waals surface area (Å²) in [5.41, 5.74) is 17.4. The second-order valence-corrected chi connectivity index (χ2v) is 17.2. The van der Waals surface area contributed by atoms with Gasteiger partial charge >= 0.3 is 0 Å².